The maximum absolute atomic E-state index is 13.3. The van der Waals surface area contributed by atoms with E-state index in [2.05, 4.69) is 46.7 Å². The van der Waals surface area contributed by atoms with Crippen LogP contribution >= 0.6 is 31.9 Å². The molecule has 0 N–H and O–H groups in total. The number of anilines is 1. The van der Waals surface area contributed by atoms with Gasteiger partial charge in [-0.15, -0.1) is 0 Å². The molecule has 1 aromatic carbocycles. The smallest absolute Gasteiger partial charge is 0.355 e. The van der Waals surface area contributed by atoms with Gasteiger partial charge in [-0.3, -0.25) is 9.36 Å². The van der Waals surface area contributed by atoms with Crippen molar-refractivity contribution in [3.8, 4) is 5.69 Å². The molecule has 3 aromatic rings. The zero-order valence-electron chi connectivity index (χ0n) is 17.1. The first-order valence-electron chi connectivity index (χ1n) is 9.68. The number of benzene rings is 1. The van der Waals surface area contributed by atoms with Gasteiger partial charge in [-0.25, -0.2) is 9.97 Å². The molecule has 31 heavy (non-hydrogen) atoms. The number of piperidine rings is 1. The molecule has 0 unspecified atom stereocenters. The lowest BCUT2D eigenvalue weighted by atomic mass is 10.1. The Balaban J connectivity index is 1.97. The summed E-state index contributed by atoms with van der Waals surface area (Å²) in [6, 6.07) is 2.15. The second kappa shape index (κ2) is 7.88. The predicted octanol–water partition coefficient (Wildman–Crippen LogP) is 6.06. The third kappa shape index (κ3) is 3.88. The fourth-order valence-corrected chi connectivity index (χ4v) is 5.50. The Kier molecular flexibility index (Phi) is 5.66. The summed E-state index contributed by atoms with van der Waals surface area (Å²) in [5, 5.41) is 0.844. The van der Waals surface area contributed by atoms with Crippen molar-refractivity contribution in [3.05, 3.63) is 43.7 Å². The van der Waals surface area contributed by atoms with E-state index in [1.165, 1.54) is 0 Å². The fourth-order valence-electron chi connectivity index (χ4n) is 3.96. The Hall–Kier alpha value is -1.94. The molecule has 164 valence electrons. The lowest BCUT2D eigenvalue weighted by Gasteiger charge is -2.28. The van der Waals surface area contributed by atoms with Crippen molar-refractivity contribution in [2.24, 2.45) is 0 Å². The van der Waals surface area contributed by atoms with Crippen LogP contribution in [-0.4, -0.2) is 33.4 Å². The van der Waals surface area contributed by atoms with Gasteiger partial charge in [0.2, 0.25) is 0 Å². The van der Waals surface area contributed by atoms with Gasteiger partial charge in [0.25, 0.3) is 0 Å². The SMILES string of the molecule is Cc1nc(N2CCC(=O)CC2)c2c(C)c(C)n(-c3c(Br)cc(C(F)(F)F)cc3Br)c2n1. The van der Waals surface area contributed by atoms with E-state index < -0.39 is 11.7 Å². The Bertz CT molecular complexity index is 1190. The lowest BCUT2D eigenvalue weighted by Crippen LogP contribution is -2.34. The number of fused-ring (bicyclic) bond motifs is 1. The summed E-state index contributed by atoms with van der Waals surface area (Å²) >= 11 is 6.67. The van der Waals surface area contributed by atoms with Crippen LogP contribution in [0.2, 0.25) is 0 Å². The number of hydrogen-bond acceptors (Lipinski definition) is 4. The number of aromatic nitrogens is 3. The molecular formula is C21H19Br2F3N4O. The Labute approximate surface area is 193 Å². The molecule has 0 radical (unpaired) electrons. The van der Waals surface area contributed by atoms with E-state index in [0.717, 1.165) is 34.6 Å². The average molecular weight is 560 g/mol. The van der Waals surface area contributed by atoms with E-state index in [4.69, 9.17) is 0 Å². The summed E-state index contributed by atoms with van der Waals surface area (Å²) in [5.74, 6) is 1.55. The van der Waals surface area contributed by atoms with Gasteiger partial charge in [-0.2, -0.15) is 13.2 Å². The van der Waals surface area contributed by atoms with Gasteiger partial charge in [0.15, 0.2) is 5.65 Å². The minimum absolute atomic E-state index is 0.237. The molecule has 0 bridgehead atoms. The Morgan fingerprint density at radius 3 is 2.13 bits per heavy atom. The monoisotopic (exact) mass is 558 g/mol. The lowest BCUT2D eigenvalue weighted by molar-refractivity contribution is -0.137. The molecular weight excluding hydrogens is 541 g/mol. The first kappa shape index (κ1) is 22.3. The van der Waals surface area contributed by atoms with Gasteiger partial charge >= 0.3 is 6.18 Å². The largest absolute Gasteiger partial charge is 0.416 e. The molecule has 2 aromatic heterocycles. The van der Waals surface area contributed by atoms with Gasteiger partial charge < -0.3 is 4.90 Å². The van der Waals surface area contributed by atoms with Crippen molar-refractivity contribution in [2.75, 3.05) is 18.0 Å². The number of Topliss-reactive ketones (excluding diaryl/α,β-unsaturated/α-hetero) is 1. The van der Waals surface area contributed by atoms with Crippen molar-refractivity contribution in [2.45, 2.75) is 39.8 Å². The van der Waals surface area contributed by atoms with E-state index in [9.17, 15) is 18.0 Å². The number of carbonyl (C=O) groups excluding carboxylic acids is 1. The third-order valence-electron chi connectivity index (χ3n) is 5.64. The number of aryl methyl sites for hydroxylation is 2. The normalized spacial score (nSPS) is 15.2. The van der Waals surface area contributed by atoms with Crippen LogP contribution in [-0.2, 0) is 11.0 Å². The Morgan fingerprint density at radius 2 is 1.58 bits per heavy atom. The average Bonchev–Trinajstić information content (AvgIpc) is 2.91. The maximum Gasteiger partial charge on any atom is 0.416 e. The molecule has 0 aliphatic carbocycles. The fraction of sp³-hybridized carbons (Fsp3) is 0.381. The van der Waals surface area contributed by atoms with Gasteiger partial charge in [0.05, 0.1) is 16.6 Å². The molecule has 3 heterocycles. The number of hydrogen-bond donors (Lipinski definition) is 0. The maximum atomic E-state index is 13.3. The van der Waals surface area contributed by atoms with Gasteiger partial charge in [-0.05, 0) is 70.3 Å². The number of alkyl halides is 3. The number of rotatable bonds is 2. The summed E-state index contributed by atoms with van der Waals surface area (Å²) < 4.78 is 42.2. The number of halogens is 5. The minimum atomic E-state index is -4.45. The molecule has 0 spiro atoms. The molecule has 1 aliphatic rings. The predicted molar refractivity (Wildman–Crippen MR) is 120 cm³/mol. The number of carbonyl (C=O) groups is 1. The van der Waals surface area contributed by atoms with E-state index in [0.29, 0.717) is 52.0 Å². The van der Waals surface area contributed by atoms with Crippen LogP contribution in [0.3, 0.4) is 0 Å². The molecule has 1 fully saturated rings. The second-order valence-electron chi connectivity index (χ2n) is 7.65. The first-order chi connectivity index (χ1) is 14.5. The molecule has 1 aliphatic heterocycles. The van der Waals surface area contributed by atoms with Gasteiger partial charge in [-0.1, -0.05) is 0 Å². The topological polar surface area (TPSA) is 51.0 Å². The van der Waals surface area contributed by atoms with Crippen molar-refractivity contribution in [3.63, 3.8) is 0 Å². The summed E-state index contributed by atoms with van der Waals surface area (Å²) in [7, 11) is 0. The van der Waals surface area contributed by atoms with E-state index in [1.807, 2.05) is 18.4 Å². The van der Waals surface area contributed by atoms with Crippen LogP contribution in [0.5, 0.6) is 0 Å². The summed E-state index contributed by atoms with van der Waals surface area (Å²) in [5.41, 5.74) is 2.22. The standard InChI is InChI=1S/C21H19Br2F3N4O/c1-10-11(2)30(18-15(22)8-13(9-16(18)23)21(24,25)26)20-17(10)19(27-12(3)28-20)29-6-4-14(31)5-7-29/h8-9H,4-7H2,1-3H3. The zero-order chi connectivity index (χ0) is 22.7. The van der Waals surface area contributed by atoms with Crippen LogP contribution < -0.4 is 4.90 Å². The van der Waals surface area contributed by atoms with Crippen molar-refractivity contribution in [1.29, 1.82) is 0 Å². The van der Waals surface area contributed by atoms with Crippen molar-refractivity contribution >= 4 is 54.5 Å². The summed E-state index contributed by atoms with van der Waals surface area (Å²) in [6.45, 7) is 6.82. The molecule has 0 amide bonds. The van der Waals surface area contributed by atoms with Crippen LogP contribution in [0.15, 0.2) is 21.1 Å². The number of nitrogens with zero attached hydrogens (tertiary/aromatic N) is 4. The van der Waals surface area contributed by atoms with Crippen molar-refractivity contribution < 1.29 is 18.0 Å². The second-order valence-corrected chi connectivity index (χ2v) is 9.36. The quantitative estimate of drug-likeness (QED) is 0.383. The highest BCUT2D eigenvalue weighted by Crippen LogP contribution is 2.41. The number of ketones is 1. The summed E-state index contributed by atoms with van der Waals surface area (Å²) in [6.07, 6.45) is -3.51. The molecule has 0 atom stereocenters. The van der Waals surface area contributed by atoms with E-state index >= 15 is 0 Å². The zero-order valence-corrected chi connectivity index (χ0v) is 20.2. The van der Waals surface area contributed by atoms with E-state index in [1.54, 1.807) is 6.92 Å². The van der Waals surface area contributed by atoms with Gasteiger partial charge in [0.1, 0.15) is 17.4 Å². The van der Waals surface area contributed by atoms with Crippen LogP contribution in [0.1, 0.15) is 35.5 Å². The van der Waals surface area contributed by atoms with Gasteiger partial charge in [0, 0.05) is 40.6 Å². The molecule has 5 nitrogen and oxygen atoms in total. The Morgan fingerprint density at radius 1 is 1.00 bits per heavy atom. The van der Waals surface area contributed by atoms with E-state index in [-0.39, 0.29) is 5.78 Å². The molecule has 1 saturated heterocycles. The molecule has 10 heteroatoms. The van der Waals surface area contributed by atoms with Crippen molar-refractivity contribution in [1.82, 2.24) is 14.5 Å². The van der Waals surface area contributed by atoms with Crippen LogP contribution in [0.25, 0.3) is 16.7 Å². The highest BCUT2D eigenvalue weighted by molar-refractivity contribution is 9.11. The van der Waals surface area contributed by atoms with Crippen LogP contribution in [0.4, 0.5) is 19.0 Å². The van der Waals surface area contributed by atoms with Crippen LogP contribution in [0, 0.1) is 20.8 Å². The minimum Gasteiger partial charge on any atom is -0.355 e. The first-order valence-corrected chi connectivity index (χ1v) is 11.3. The third-order valence-corrected chi connectivity index (χ3v) is 6.85. The summed E-state index contributed by atoms with van der Waals surface area (Å²) in [4.78, 5) is 23.1. The highest BCUT2D eigenvalue weighted by atomic mass is 79.9. The molecule has 4 rings (SSSR count). The molecule has 0 saturated carbocycles. The highest BCUT2D eigenvalue weighted by Gasteiger charge is 2.33.